The van der Waals surface area contributed by atoms with Crippen molar-refractivity contribution in [2.75, 3.05) is 6.54 Å². The number of amides is 1. The van der Waals surface area contributed by atoms with E-state index in [1.165, 1.54) is 16.0 Å². The van der Waals surface area contributed by atoms with E-state index < -0.39 is 0 Å². The van der Waals surface area contributed by atoms with Crippen molar-refractivity contribution in [3.63, 3.8) is 0 Å². The van der Waals surface area contributed by atoms with Gasteiger partial charge in [-0.25, -0.2) is 0 Å². The first kappa shape index (κ1) is 18.6. The highest BCUT2D eigenvalue weighted by molar-refractivity contribution is 7.10. The summed E-state index contributed by atoms with van der Waals surface area (Å²) in [4.78, 5) is 21.2. The standard InChI is InChI=1S/C22H29N3OS/c1-3-8-22(9-10-22)24-21(26)19-15-27-20-14-25(11-7-18(19)20)13-17-6-5-16(4-2)12-23-17/h5-6,12,15H,3-4,7-11,13-14H2,1-2H3,(H,24,26). The Morgan fingerprint density at radius 1 is 1.33 bits per heavy atom. The third-order valence-electron chi connectivity index (χ3n) is 5.91. The Kier molecular flexibility index (Phi) is 5.33. The number of nitrogens with one attached hydrogen (secondary N) is 1. The highest BCUT2D eigenvalue weighted by Crippen LogP contribution is 2.40. The molecule has 0 aromatic carbocycles. The Labute approximate surface area is 166 Å². The van der Waals surface area contributed by atoms with Crippen molar-refractivity contribution < 1.29 is 4.79 Å². The van der Waals surface area contributed by atoms with Gasteiger partial charge in [0.2, 0.25) is 0 Å². The lowest BCUT2D eigenvalue weighted by Crippen LogP contribution is -2.37. The molecule has 5 heteroatoms. The topological polar surface area (TPSA) is 45.2 Å². The summed E-state index contributed by atoms with van der Waals surface area (Å²) in [6.45, 7) is 7.13. The van der Waals surface area contributed by atoms with Gasteiger partial charge >= 0.3 is 0 Å². The first-order valence-corrected chi connectivity index (χ1v) is 11.1. The minimum absolute atomic E-state index is 0.0949. The lowest BCUT2D eigenvalue weighted by atomic mass is 10.0. The van der Waals surface area contributed by atoms with Gasteiger partial charge in [0.15, 0.2) is 0 Å². The fraction of sp³-hybridized carbons (Fsp3) is 0.545. The molecule has 1 fully saturated rings. The monoisotopic (exact) mass is 383 g/mol. The highest BCUT2D eigenvalue weighted by atomic mass is 32.1. The molecule has 1 aliphatic heterocycles. The van der Waals surface area contributed by atoms with Crippen LogP contribution in [0.2, 0.25) is 0 Å². The molecule has 144 valence electrons. The zero-order valence-corrected chi connectivity index (χ0v) is 17.2. The highest BCUT2D eigenvalue weighted by Gasteiger charge is 2.43. The second-order valence-electron chi connectivity index (χ2n) is 8.01. The summed E-state index contributed by atoms with van der Waals surface area (Å²) in [5.74, 6) is 0.142. The Morgan fingerprint density at radius 2 is 2.19 bits per heavy atom. The number of fused-ring (bicyclic) bond motifs is 1. The van der Waals surface area contributed by atoms with Crippen LogP contribution in [0.25, 0.3) is 0 Å². The van der Waals surface area contributed by atoms with Crippen molar-refractivity contribution in [2.24, 2.45) is 0 Å². The van der Waals surface area contributed by atoms with E-state index in [-0.39, 0.29) is 11.4 Å². The van der Waals surface area contributed by atoms with Gasteiger partial charge in [-0.05, 0) is 49.3 Å². The van der Waals surface area contributed by atoms with Gasteiger partial charge in [-0.2, -0.15) is 0 Å². The number of aromatic nitrogens is 1. The smallest absolute Gasteiger partial charge is 0.252 e. The normalized spacial score (nSPS) is 18.1. The van der Waals surface area contributed by atoms with Crippen LogP contribution in [0.5, 0.6) is 0 Å². The SMILES string of the molecule is CCCC1(NC(=O)c2csc3c2CCN(Cc2ccc(CC)cn2)C3)CC1. The van der Waals surface area contributed by atoms with E-state index in [2.05, 4.69) is 46.6 Å². The van der Waals surface area contributed by atoms with Crippen LogP contribution in [0.4, 0.5) is 0 Å². The molecule has 0 spiro atoms. The quantitative estimate of drug-likeness (QED) is 0.774. The van der Waals surface area contributed by atoms with Crippen LogP contribution in [0, 0.1) is 0 Å². The minimum atomic E-state index is 0.0949. The number of rotatable bonds is 7. The molecule has 1 saturated carbocycles. The molecule has 0 atom stereocenters. The number of nitrogens with zero attached hydrogens (tertiary/aromatic N) is 2. The molecule has 0 bridgehead atoms. The van der Waals surface area contributed by atoms with Crippen molar-refractivity contribution in [1.82, 2.24) is 15.2 Å². The summed E-state index contributed by atoms with van der Waals surface area (Å²) in [5, 5.41) is 5.40. The maximum Gasteiger partial charge on any atom is 0.252 e. The number of carbonyl (C=O) groups excluding carboxylic acids is 1. The predicted molar refractivity (Wildman–Crippen MR) is 110 cm³/mol. The molecule has 1 N–H and O–H groups in total. The van der Waals surface area contributed by atoms with Gasteiger partial charge in [0.25, 0.3) is 5.91 Å². The van der Waals surface area contributed by atoms with Gasteiger partial charge in [0, 0.05) is 41.6 Å². The van der Waals surface area contributed by atoms with Crippen molar-refractivity contribution in [3.8, 4) is 0 Å². The van der Waals surface area contributed by atoms with Gasteiger partial charge < -0.3 is 5.32 Å². The zero-order chi connectivity index (χ0) is 18.9. The predicted octanol–water partition coefficient (Wildman–Crippen LogP) is 4.33. The number of hydrogen-bond acceptors (Lipinski definition) is 4. The van der Waals surface area contributed by atoms with Gasteiger partial charge in [0.05, 0.1) is 11.3 Å². The summed E-state index contributed by atoms with van der Waals surface area (Å²) >= 11 is 1.74. The number of carbonyl (C=O) groups is 1. The fourth-order valence-electron chi connectivity index (χ4n) is 4.07. The van der Waals surface area contributed by atoms with E-state index in [0.717, 1.165) is 69.4 Å². The second-order valence-corrected chi connectivity index (χ2v) is 8.97. The molecular weight excluding hydrogens is 354 g/mol. The van der Waals surface area contributed by atoms with Crippen LogP contribution < -0.4 is 5.32 Å². The summed E-state index contributed by atoms with van der Waals surface area (Å²) in [6, 6.07) is 4.32. The lowest BCUT2D eigenvalue weighted by Gasteiger charge is -2.27. The number of thiophene rings is 1. The molecule has 2 aromatic rings. The maximum absolute atomic E-state index is 12.8. The Bertz CT molecular complexity index is 807. The van der Waals surface area contributed by atoms with Gasteiger partial charge in [0.1, 0.15) is 0 Å². The largest absolute Gasteiger partial charge is 0.347 e. The number of pyridine rings is 1. The lowest BCUT2D eigenvalue weighted by molar-refractivity contribution is 0.0927. The van der Waals surface area contributed by atoms with E-state index in [0.29, 0.717) is 0 Å². The molecule has 2 aliphatic rings. The van der Waals surface area contributed by atoms with Crippen LogP contribution in [-0.2, 0) is 25.9 Å². The second kappa shape index (κ2) is 7.72. The molecular formula is C22H29N3OS. The number of aryl methyl sites for hydroxylation is 1. The van der Waals surface area contributed by atoms with Crippen molar-refractivity contribution in [2.45, 2.75) is 71.0 Å². The molecule has 1 amide bonds. The first-order chi connectivity index (χ1) is 13.1. The molecule has 1 aliphatic carbocycles. The van der Waals surface area contributed by atoms with Crippen molar-refractivity contribution in [1.29, 1.82) is 0 Å². The summed E-state index contributed by atoms with van der Waals surface area (Å²) in [6.07, 6.45) is 8.47. The van der Waals surface area contributed by atoms with Crippen LogP contribution >= 0.6 is 11.3 Å². The van der Waals surface area contributed by atoms with Crippen molar-refractivity contribution in [3.05, 3.63) is 51.0 Å². The first-order valence-electron chi connectivity index (χ1n) is 10.2. The zero-order valence-electron chi connectivity index (χ0n) is 16.4. The van der Waals surface area contributed by atoms with E-state index in [1.807, 2.05) is 6.20 Å². The molecule has 4 nitrogen and oxygen atoms in total. The van der Waals surface area contributed by atoms with Crippen LogP contribution in [-0.4, -0.2) is 27.9 Å². The molecule has 27 heavy (non-hydrogen) atoms. The van der Waals surface area contributed by atoms with E-state index in [4.69, 9.17) is 0 Å². The third kappa shape index (κ3) is 4.09. The fourth-order valence-corrected chi connectivity index (χ4v) is 5.19. The average Bonchev–Trinajstić information content (AvgIpc) is 3.29. The molecule has 0 radical (unpaired) electrons. The van der Waals surface area contributed by atoms with Crippen LogP contribution in [0.3, 0.4) is 0 Å². The Balaban J connectivity index is 1.40. The van der Waals surface area contributed by atoms with Crippen LogP contribution in [0.15, 0.2) is 23.7 Å². The molecule has 0 saturated heterocycles. The molecule has 3 heterocycles. The third-order valence-corrected chi connectivity index (χ3v) is 6.92. The Morgan fingerprint density at radius 3 is 2.85 bits per heavy atom. The number of hydrogen-bond donors (Lipinski definition) is 1. The summed E-state index contributed by atoms with van der Waals surface area (Å²) < 4.78 is 0. The Hall–Kier alpha value is -1.72. The minimum Gasteiger partial charge on any atom is -0.347 e. The van der Waals surface area contributed by atoms with E-state index >= 15 is 0 Å². The summed E-state index contributed by atoms with van der Waals surface area (Å²) in [5.41, 5.74) is 4.70. The van der Waals surface area contributed by atoms with Crippen molar-refractivity contribution >= 4 is 17.2 Å². The summed E-state index contributed by atoms with van der Waals surface area (Å²) in [7, 11) is 0. The molecule has 0 unspecified atom stereocenters. The van der Waals surface area contributed by atoms with Gasteiger partial charge in [-0.15, -0.1) is 11.3 Å². The molecule has 2 aromatic heterocycles. The molecule has 4 rings (SSSR count). The van der Waals surface area contributed by atoms with E-state index in [9.17, 15) is 4.79 Å². The van der Waals surface area contributed by atoms with Gasteiger partial charge in [-0.3, -0.25) is 14.7 Å². The van der Waals surface area contributed by atoms with Gasteiger partial charge in [-0.1, -0.05) is 26.3 Å². The maximum atomic E-state index is 12.8. The average molecular weight is 384 g/mol. The van der Waals surface area contributed by atoms with E-state index in [1.54, 1.807) is 11.3 Å². The van der Waals surface area contributed by atoms with Crippen LogP contribution in [0.1, 0.15) is 71.6 Å².